The van der Waals surface area contributed by atoms with Crippen LogP contribution in [0.2, 0.25) is 0 Å². The van der Waals surface area contributed by atoms with Crippen LogP contribution in [0.3, 0.4) is 0 Å². The molecule has 0 bridgehead atoms. The van der Waals surface area contributed by atoms with E-state index in [1.54, 1.807) is 0 Å². The van der Waals surface area contributed by atoms with Gasteiger partial charge in [-0.1, -0.05) is 12.1 Å². The van der Waals surface area contributed by atoms with Crippen LogP contribution < -0.4 is 8.92 Å². The molecule has 1 heterocycles. The van der Waals surface area contributed by atoms with Crippen LogP contribution in [-0.4, -0.2) is 22.1 Å². The Morgan fingerprint density at radius 1 is 1.13 bits per heavy atom. The van der Waals surface area contributed by atoms with E-state index in [-0.39, 0.29) is 6.10 Å². The lowest BCUT2D eigenvalue weighted by molar-refractivity contribution is 0.242. The molecule has 0 fully saturated rings. The molecule has 1 aromatic carbocycles. The average molecular weight is 334 g/mol. The highest BCUT2D eigenvalue weighted by molar-refractivity contribution is 7.94. The van der Waals surface area contributed by atoms with Crippen LogP contribution in [0.4, 0.5) is 0 Å². The van der Waals surface area contributed by atoms with Gasteiger partial charge in [-0.05, 0) is 52.3 Å². The Labute approximate surface area is 143 Å². The Kier molecular flexibility index (Phi) is 5.99. The maximum absolute atomic E-state index is 5.70. The molecule has 5 heteroatoms. The van der Waals surface area contributed by atoms with E-state index in [1.165, 1.54) is 17.6 Å². The van der Waals surface area contributed by atoms with Crippen molar-refractivity contribution in [3.8, 4) is 11.6 Å². The van der Waals surface area contributed by atoms with Crippen molar-refractivity contribution in [1.29, 1.82) is 0 Å². The van der Waals surface area contributed by atoms with E-state index in [0.717, 1.165) is 23.4 Å². The summed E-state index contributed by atoms with van der Waals surface area (Å²) in [5, 5.41) is 4.60. The van der Waals surface area contributed by atoms with E-state index in [1.807, 2.05) is 36.9 Å². The quantitative estimate of drug-likeness (QED) is 0.681. The van der Waals surface area contributed by atoms with Gasteiger partial charge < -0.3 is 8.92 Å². The summed E-state index contributed by atoms with van der Waals surface area (Å²) >= 11 is 1.33. The molecule has 0 spiro atoms. The normalized spacial score (nSPS) is 11.3. The molecule has 0 unspecified atom stereocenters. The maximum atomic E-state index is 5.70. The summed E-state index contributed by atoms with van der Waals surface area (Å²) in [6, 6.07) is 8.56. The van der Waals surface area contributed by atoms with Gasteiger partial charge in [0.15, 0.2) is 0 Å². The largest absolute Gasteiger partial charge is 0.491 e. The number of ether oxygens (including phenoxy) is 1. The molecule has 2 aromatic rings. The first-order valence-corrected chi connectivity index (χ1v) is 9.11. The molecule has 0 saturated heterocycles. The summed E-state index contributed by atoms with van der Waals surface area (Å²) in [5.74, 6) is 1.62. The third kappa shape index (κ3) is 4.44. The van der Waals surface area contributed by atoms with Gasteiger partial charge in [-0.25, -0.2) is 0 Å². The zero-order valence-corrected chi connectivity index (χ0v) is 15.6. The van der Waals surface area contributed by atoms with Crippen LogP contribution in [0.15, 0.2) is 24.3 Å². The standard InChI is InChI=1S/C18H26N2O2S/c1-12(2)20-14(5)17(18(19-20)22-23-6)11-15-7-9-16(10-8-15)21-13(3)4/h7-10,12-13H,11H2,1-6H3. The van der Waals surface area contributed by atoms with Crippen molar-refractivity contribution >= 4 is 12.0 Å². The van der Waals surface area contributed by atoms with Gasteiger partial charge in [0, 0.05) is 30.0 Å². The Morgan fingerprint density at radius 3 is 2.30 bits per heavy atom. The van der Waals surface area contributed by atoms with Crippen LogP contribution in [0.1, 0.15) is 50.6 Å². The van der Waals surface area contributed by atoms with Gasteiger partial charge in [-0.2, -0.15) is 0 Å². The number of aromatic nitrogens is 2. The number of nitrogens with zero attached hydrogens (tertiary/aromatic N) is 2. The summed E-state index contributed by atoms with van der Waals surface area (Å²) < 4.78 is 13.4. The predicted molar refractivity (Wildman–Crippen MR) is 96.5 cm³/mol. The van der Waals surface area contributed by atoms with Gasteiger partial charge in [0.05, 0.1) is 18.1 Å². The molecule has 2 rings (SSSR count). The van der Waals surface area contributed by atoms with E-state index < -0.39 is 0 Å². The molecule has 4 nitrogen and oxygen atoms in total. The van der Waals surface area contributed by atoms with Gasteiger partial charge in [0.1, 0.15) is 5.75 Å². The minimum absolute atomic E-state index is 0.189. The second-order valence-corrected chi connectivity index (χ2v) is 6.64. The summed E-state index contributed by atoms with van der Waals surface area (Å²) in [6.07, 6.45) is 2.90. The summed E-state index contributed by atoms with van der Waals surface area (Å²) in [7, 11) is 0. The maximum Gasteiger partial charge on any atom is 0.250 e. The first-order valence-electron chi connectivity index (χ1n) is 7.96. The Morgan fingerprint density at radius 2 is 1.78 bits per heavy atom. The molecule has 0 aliphatic carbocycles. The lowest BCUT2D eigenvalue weighted by atomic mass is 10.1. The van der Waals surface area contributed by atoms with Crippen LogP contribution in [-0.2, 0) is 6.42 Å². The fraction of sp³-hybridized carbons (Fsp3) is 0.500. The number of hydrogen-bond donors (Lipinski definition) is 0. The fourth-order valence-electron chi connectivity index (χ4n) is 2.54. The highest BCUT2D eigenvalue weighted by Gasteiger charge is 2.18. The van der Waals surface area contributed by atoms with Crippen molar-refractivity contribution < 1.29 is 8.92 Å². The zero-order chi connectivity index (χ0) is 17.0. The second-order valence-electron chi connectivity index (χ2n) is 6.14. The first-order chi connectivity index (χ1) is 10.9. The van der Waals surface area contributed by atoms with Crippen molar-refractivity contribution in [2.24, 2.45) is 0 Å². The van der Waals surface area contributed by atoms with E-state index in [0.29, 0.717) is 11.9 Å². The molecular weight excluding hydrogens is 308 g/mol. The smallest absolute Gasteiger partial charge is 0.250 e. The number of rotatable bonds is 7. The van der Waals surface area contributed by atoms with Gasteiger partial charge in [0.2, 0.25) is 5.88 Å². The van der Waals surface area contributed by atoms with E-state index in [9.17, 15) is 0 Å². The molecule has 1 aromatic heterocycles. The Hall–Kier alpha value is -1.62. The number of hydrogen-bond acceptors (Lipinski definition) is 4. The highest BCUT2D eigenvalue weighted by atomic mass is 32.2. The van der Waals surface area contributed by atoms with Crippen LogP contribution in [0, 0.1) is 6.92 Å². The zero-order valence-electron chi connectivity index (χ0n) is 14.8. The van der Waals surface area contributed by atoms with Crippen LogP contribution in [0.25, 0.3) is 0 Å². The van der Waals surface area contributed by atoms with Gasteiger partial charge in [-0.15, -0.1) is 5.10 Å². The summed E-state index contributed by atoms with van der Waals surface area (Å²) in [4.78, 5) is 0. The minimum Gasteiger partial charge on any atom is -0.491 e. The van der Waals surface area contributed by atoms with E-state index >= 15 is 0 Å². The van der Waals surface area contributed by atoms with Crippen molar-refractivity contribution in [3.05, 3.63) is 41.1 Å². The van der Waals surface area contributed by atoms with E-state index in [2.05, 4.69) is 38.0 Å². The molecule has 0 saturated carbocycles. The molecule has 126 valence electrons. The molecule has 0 amide bonds. The predicted octanol–water partition coefficient (Wildman–Crippen LogP) is 4.81. The van der Waals surface area contributed by atoms with Crippen LogP contribution in [0.5, 0.6) is 11.6 Å². The number of benzene rings is 1. The van der Waals surface area contributed by atoms with Gasteiger partial charge >= 0.3 is 0 Å². The molecule has 0 aliphatic rings. The SMILES string of the molecule is CSOc1nn(C(C)C)c(C)c1Cc1ccc(OC(C)C)cc1. The lowest BCUT2D eigenvalue weighted by Gasteiger charge is -2.10. The highest BCUT2D eigenvalue weighted by Crippen LogP contribution is 2.29. The van der Waals surface area contributed by atoms with Crippen molar-refractivity contribution in [2.45, 2.75) is 53.2 Å². The topological polar surface area (TPSA) is 36.3 Å². The molecule has 0 aliphatic heterocycles. The summed E-state index contributed by atoms with van der Waals surface area (Å²) in [5.41, 5.74) is 3.52. The second kappa shape index (κ2) is 7.77. The van der Waals surface area contributed by atoms with Gasteiger partial charge in [0.25, 0.3) is 0 Å². The molecule has 0 atom stereocenters. The third-order valence-corrected chi connectivity index (χ3v) is 3.89. The molecule has 0 radical (unpaired) electrons. The Balaban J connectivity index is 2.24. The van der Waals surface area contributed by atoms with Crippen LogP contribution >= 0.6 is 12.0 Å². The Bertz CT molecular complexity index is 633. The minimum atomic E-state index is 0.189. The lowest BCUT2D eigenvalue weighted by Crippen LogP contribution is -2.05. The third-order valence-electron chi connectivity index (χ3n) is 3.56. The van der Waals surface area contributed by atoms with Crippen molar-refractivity contribution in [3.63, 3.8) is 0 Å². The summed E-state index contributed by atoms with van der Waals surface area (Å²) in [6.45, 7) is 10.4. The van der Waals surface area contributed by atoms with E-state index in [4.69, 9.17) is 8.92 Å². The average Bonchev–Trinajstić information content (AvgIpc) is 2.78. The molecule has 0 N–H and O–H groups in total. The fourth-order valence-corrected chi connectivity index (χ4v) is 2.83. The molecular formula is C18H26N2O2S. The van der Waals surface area contributed by atoms with Gasteiger partial charge in [-0.3, -0.25) is 4.68 Å². The van der Waals surface area contributed by atoms with Crippen molar-refractivity contribution in [1.82, 2.24) is 9.78 Å². The molecule has 23 heavy (non-hydrogen) atoms. The monoisotopic (exact) mass is 334 g/mol. The van der Waals surface area contributed by atoms with Crippen molar-refractivity contribution in [2.75, 3.05) is 6.26 Å². The first kappa shape index (κ1) is 17.7.